The summed E-state index contributed by atoms with van der Waals surface area (Å²) in [7, 11) is 6.63. The lowest BCUT2D eigenvalue weighted by atomic mass is 9.73. The zero-order chi connectivity index (χ0) is 44.8. The Morgan fingerprint density at radius 1 is 0.881 bits per heavy atom. The zero-order valence-electron chi connectivity index (χ0n) is 37.7. The number of aliphatic hydroxyl groups is 6. The first-order valence-electron chi connectivity index (χ1n) is 20.8. The maximum absolute atomic E-state index is 14.4. The third-order valence-electron chi connectivity index (χ3n) is 12.6. The second-order valence-corrected chi connectivity index (χ2v) is 18.0. The summed E-state index contributed by atoms with van der Waals surface area (Å²) < 4.78 is 47.6. The van der Waals surface area contributed by atoms with Gasteiger partial charge in [-0.25, -0.2) is 4.79 Å². The zero-order valence-corrected chi connectivity index (χ0v) is 37.7. The SMILES string of the molecule is CC[C@H]1OC(=O)C(C)(O)[C@@H](O[C@H]2C[C@@](C)(OC)[C@@H](O)[C@H](C)O2)[C@H](C)[C@@H](O[C@@H]2O[C@H](C)C[C@H](N(C)C)[C@H]2O)[C@](C)(O)C[C@@H](C)/C(=N\OCOCCOC)[C@H](C)[C@@H](O)[C@]1(C)O. The summed E-state index contributed by atoms with van der Waals surface area (Å²) in [5.74, 6) is -3.96. The summed E-state index contributed by atoms with van der Waals surface area (Å²) in [4.78, 5) is 21.8. The van der Waals surface area contributed by atoms with Gasteiger partial charge in [-0.15, -0.1) is 0 Å². The highest BCUT2D eigenvalue weighted by atomic mass is 16.7. The number of oxime groups is 1. The Bertz CT molecular complexity index is 1350. The third kappa shape index (κ3) is 12.1. The normalized spacial score (nSPS) is 46.5. The molecule has 0 saturated carbocycles. The number of carbonyl (C=O) groups excluding carboxylic acids is 1. The predicted octanol–water partition coefficient (Wildman–Crippen LogP) is 1.32. The van der Waals surface area contributed by atoms with Gasteiger partial charge in [0.2, 0.25) is 6.79 Å². The number of cyclic esters (lactones) is 1. The maximum atomic E-state index is 14.4. The van der Waals surface area contributed by atoms with Crippen molar-refractivity contribution in [2.45, 2.75) is 185 Å². The van der Waals surface area contributed by atoms with Gasteiger partial charge in [-0.2, -0.15) is 0 Å². The summed E-state index contributed by atoms with van der Waals surface area (Å²) >= 11 is 0. The molecule has 18 heteroatoms. The lowest BCUT2D eigenvalue weighted by molar-refractivity contribution is -0.326. The molecule has 1 unspecified atom stereocenters. The molecule has 0 aromatic rings. The van der Waals surface area contributed by atoms with E-state index in [1.54, 1.807) is 41.5 Å². The molecule has 18 nitrogen and oxygen atoms in total. The van der Waals surface area contributed by atoms with Crippen LogP contribution in [0.4, 0.5) is 0 Å². The van der Waals surface area contributed by atoms with E-state index in [4.69, 9.17) is 42.7 Å². The Balaban J connectivity index is 2.27. The summed E-state index contributed by atoms with van der Waals surface area (Å²) in [6, 6.07) is -0.384. The van der Waals surface area contributed by atoms with E-state index in [9.17, 15) is 35.4 Å². The van der Waals surface area contributed by atoms with Gasteiger partial charge in [0, 0.05) is 44.4 Å². The van der Waals surface area contributed by atoms with Gasteiger partial charge in [-0.1, -0.05) is 32.9 Å². The van der Waals surface area contributed by atoms with Gasteiger partial charge in [0.05, 0.1) is 54.5 Å². The van der Waals surface area contributed by atoms with Crippen LogP contribution in [-0.4, -0.2) is 185 Å². The first-order valence-corrected chi connectivity index (χ1v) is 20.8. The number of likely N-dealkylation sites (N-methyl/N-ethyl adjacent to an activating group) is 1. The third-order valence-corrected chi connectivity index (χ3v) is 12.6. The van der Waals surface area contributed by atoms with E-state index in [0.29, 0.717) is 13.0 Å². The number of methoxy groups -OCH3 is 2. The van der Waals surface area contributed by atoms with Crippen molar-refractivity contribution in [3.63, 3.8) is 0 Å². The number of hydrogen-bond acceptors (Lipinski definition) is 18. The Labute approximate surface area is 350 Å². The van der Waals surface area contributed by atoms with Crippen molar-refractivity contribution in [2.75, 3.05) is 48.3 Å². The monoisotopic (exact) mass is 853 g/mol. The molecule has 0 bridgehead atoms. The highest BCUT2D eigenvalue weighted by Gasteiger charge is 2.57. The van der Waals surface area contributed by atoms with Crippen LogP contribution >= 0.6 is 0 Å². The van der Waals surface area contributed by atoms with Gasteiger partial charge in [0.1, 0.15) is 30.0 Å². The first-order chi connectivity index (χ1) is 27.3. The van der Waals surface area contributed by atoms with Crippen molar-refractivity contribution in [1.82, 2.24) is 4.90 Å². The number of esters is 1. The highest BCUT2D eigenvalue weighted by molar-refractivity contribution is 5.89. The average molecular weight is 853 g/mol. The molecule has 3 saturated heterocycles. The van der Waals surface area contributed by atoms with E-state index in [2.05, 4.69) is 5.16 Å². The van der Waals surface area contributed by atoms with Crippen LogP contribution in [0.25, 0.3) is 0 Å². The number of carbonyl (C=O) groups is 1. The molecule has 0 spiro atoms. The van der Waals surface area contributed by atoms with Gasteiger partial charge in [-0.05, 0) is 74.9 Å². The van der Waals surface area contributed by atoms with Gasteiger partial charge in [0.25, 0.3) is 0 Å². The minimum absolute atomic E-state index is 0.0276. The molecule has 0 amide bonds. The number of nitrogens with zero attached hydrogens (tertiary/aromatic N) is 2. The Morgan fingerprint density at radius 2 is 1.53 bits per heavy atom. The highest BCUT2D eigenvalue weighted by Crippen LogP contribution is 2.42. The fourth-order valence-corrected chi connectivity index (χ4v) is 8.96. The molecule has 18 atom stereocenters. The topological polar surface area (TPSA) is 237 Å². The minimum Gasteiger partial charge on any atom is -0.457 e. The van der Waals surface area contributed by atoms with Crippen molar-refractivity contribution in [2.24, 2.45) is 22.9 Å². The molecule has 3 heterocycles. The molecule has 346 valence electrons. The molecule has 6 N–H and O–H groups in total. The van der Waals surface area contributed by atoms with Crippen molar-refractivity contribution < 1.29 is 78.2 Å². The van der Waals surface area contributed by atoms with E-state index in [1.807, 2.05) is 25.9 Å². The molecule has 3 aliphatic heterocycles. The quantitative estimate of drug-likeness (QED) is 0.0663. The molecule has 0 aliphatic carbocycles. The number of ether oxygens (including phenoxy) is 8. The van der Waals surface area contributed by atoms with Crippen molar-refractivity contribution in [1.29, 1.82) is 0 Å². The second kappa shape index (κ2) is 21.2. The second-order valence-electron chi connectivity index (χ2n) is 18.0. The summed E-state index contributed by atoms with van der Waals surface area (Å²) in [5, 5.41) is 76.0. The Hall–Kier alpha value is -1.62. The average Bonchev–Trinajstić information content (AvgIpc) is 3.15. The Kier molecular flexibility index (Phi) is 18.6. The molecular weight excluding hydrogens is 776 g/mol. The van der Waals surface area contributed by atoms with Gasteiger partial charge >= 0.3 is 5.97 Å². The molecule has 59 heavy (non-hydrogen) atoms. The Morgan fingerprint density at radius 3 is 2.10 bits per heavy atom. The predicted molar refractivity (Wildman–Crippen MR) is 214 cm³/mol. The fraction of sp³-hybridized carbons (Fsp3) is 0.951. The molecule has 0 aromatic carbocycles. The van der Waals surface area contributed by atoms with Crippen molar-refractivity contribution >= 4 is 11.7 Å². The van der Waals surface area contributed by atoms with Crippen LogP contribution < -0.4 is 0 Å². The van der Waals surface area contributed by atoms with E-state index >= 15 is 0 Å². The van der Waals surface area contributed by atoms with E-state index < -0.39 is 101 Å². The minimum atomic E-state index is -2.53. The van der Waals surface area contributed by atoms with Crippen LogP contribution in [-0.2, 0) is 47.5 Å². The van der Waals surface area contributed by atoms with Crippen LogP contribution in [0, 0.1) is 17.8 Å². The molecular formula is C41H76N2O16. The van der Waals surface area contributed by atoms with Crippen LogP contribution in [0.5, 0.6) is 0 Å². The lowest BCUT2D eigenvalue weighted by Gasteiger charge is -2.50. The summed E-state index contributed by atoms with van der Waals surface area (Å²) in [6.45, 7) is 16.2. The van der Waals surface area contributed by atoms with Crippen molar-refractivity contribution in [3.8, 4) is 0 Å². The van der Waals surface area contributed by atoms with Crippen LogP contribution in [0.2, 0.25) is 0 Å². The number of rotatable bonds is 13. The van der Waals surface area contributed by atoms with Gasteiger partial charge in [-0.3, -0.25) is 0 Å². The van der Waals surface area contributed by atoms with Gasteiger partial charge in [0.15, 0.2) is 18.2 Å². The summed E-state index contributed by atoms with van der Waals surface area (Å²) in [5.41, 5.74) is -7.43. The van der Waals surface area contributed by atoms with E-state index in [0.717, 1.165) is 0 Å². The van der Waals surface area contributed by atoms with Crippen LogP contribution in [0.3, 0.4) is 0 Å². The van der Waals surface area contributed by atoms with Crippen LogP contribution in [0.15, 0.2) is 5.16 Å². The largest absolute Gasteiger partial charge is 0.457 e. The molecule has 0 radical (unpaired) electrons. The lowest BCUT2D eigenvalue weighted by Crippen LogP contribution is -2.64. The van der Waals surface area contributed by atoms with Gasteiger partial charge < -0.3 is 78.3 Å². The molecule has 3 aliphatic rings. The number of aliphatic hydroxyl groups excluding tert-OH is 3. The van der Waals surface area contributed by atoms with E-state index in [1.165, 1.54) is 35.0 Å². The maximum Gasteiger partial charge on any atom is 0.340 e. The van der Waals surface area contributed by atoms with Crippen LogP contribution in [0.1, 0.15) is 94.9 Å². The smallest absolute Gasteiger partial charge is 0.340 e. The fourth-order valence-electron chi connectivity index (χ4n) is 8.96. The molecule has 0 aromatic heterocycles. The standard InChI is InChI=1S/C41H76N2O16/c1-15-28-40(9,49)32(45)24(4)30(42-54-21-53-17-16-51-13)22(2)19-38(7,48)34(59-36-31(44)27(43(11)12)18-23(3)55-36)25(5)35(41(10,50)37(47)57-28)58-29-20-39(8,52-14)33(46)26(6)56-29/h22-29,31-36,44-46,48-50H,15-21H2,1-14H3/b42-30+/t22-,23-,24+,25-,26+,27+,28-,29+,31-,32-,33+,34-,35+,36+,38-,39-,40-,41?/m1/s1. The molecule has 3 rings (SSSR count). The summed E-state index contributed by atoms with van der Waals surface area (Å²) in [6.07, 6.45) is -11.4. The van der Waals surface area contributed by atoms with Crippen molar-refractivity contribution in [3.05, 3.63) is 0 Å². The first kappa shape index (κ1) is 51.7. The number of hydrogen-bond donors (Lipinski definition) is 6. The molecule has 3 fully saturated rings. The van der Waals surface area contributed by atoms with E-state index in [-0.39, 0.29) is 50.5 Å².